The van der Waals surface area contributed by atoms with Gasteiger partial charge in [-0.1, -0.05) is 12.1 Å². The van der Waals surface area contributed by atoms with Crippen molar-refractivity contribution in [3.8, 4) is 5.75 Å². The molecule has 2 N–H and O–H groups in total. The van der Waals surface area contributed by atoms with E-state index in [1.54, 1.807) is 14.0 Å². The first-order valence-electron chi connectivity index (χ1n) is 8.84. The largest absolute Gasteiger partial charge is 0.497 e. The lowest BCUT2D eigenvalue weighted by Crippen LogP contribution is -2.42. The number of carbonyl (C=O) groups is 2. The number of amides is 1. The molecular weight excluding hydrogens is 338 g/mol. The smallest absolute Gasteiger partial charge is 0.308 e. The van der Waals surface area contributed by atoms with E-state index in [1.165, 1.54) is 0 Å². The van der Waals surface area contributed by atoms with E-state index in [2.05, 4.69) is 5.32 Å². The Hall–Kier alpha value is -2.12. The molecule has 0 aliphatic carbocycles. The monoisotopic (exact) mass is 365 g/mol. The number of carbonyl (C=O) groups excluding carboxylic acids is 1. The first-order valence-corrected chi connectivity index (χ1v) is 8.84. The van der Waals surface area contributed by atoms with E-state index in [0.29, 0.717) is 26.1 Å². The van der Waals surface area contributed by atoms with Crippen LogP contribution in [0.2, 0.25) is 0 Å². The van der Waals surface area contributed by atoms with Crippen LogP contribution in [0.5, 0.6) is 5.75 Å². The van der Waals surface area contributed by atoms with E-state index in [9.17, 15) is 14.7 Å². The average molecular weight is 365 g/mol. The molecule has 1 amide bonds. The van der Waals surface area contributed by atoms with Crippen LogP contribution in [0.4, 0.5) is 0 Å². The van der Waals surface area contributed by atoms with Gasteiger partial charge in [0.1, 0.15) is 11.9 Å². The Kier molecular flexibility index (Phi) is 7.87. The fourth-order valence-corrected chi connectivity index (χ4v) is 2.99. The zero-order valence-electron chi connectivity index (χ0n) is 15.3. The molecule has 1 fully saturated rings. The van der Waals surface area contributed by atoms with Gasteiger partial charge < -0.3 is 24.6 Å². The van der Waals surface area contributed by atoms with Crippen LogP contribution < -0.4 is 10.1 Å². The maximum atomic E-state index is 12.2. The molecule has 0 saturated carbocycles. The van der Waals surface area contributed by atoms with Gasteiger partial charge in [0.2, 0.25) is 5.91 Å². The van der Waals surface area contributed by atoms with Crippen LogP contribution in [0.15, 0.2) is 24.3 Å². The molecule has 1 aromatic rings. The van der Waals surface area contributed by atoms with Crippen LogP contribution in [0.3, 0.4) is 0 Å². The molecule has 1 aromatic carbocycles. The SMILES string of the molecule is COc1cccc(COC(C)C(=O)NCC(C(=O)O)C2CCOCC2)c1. The fraction of sp³-hybridized carbons (Fsp3) is 0.579. The van der Waals surface area contributed by atoms with Crippen molar-refractivity contribution in [2.45, 2.75) is 32.5 Å². The van der Waals surface area contributed by atoms with Crippen molar-refractivity contribution in [1.29, 1.82) is 0 Å². The van der Waals surface area contributed by atoms with Crippen molar-refractivity contribution in [2.75, 3.05) is 26.9 Å². The van der Waals surface area contributed by atoms with E-state index in [0.717, 1.165) is 11.3 Å². The maximum absolute atomic E-state index is 12.2. The lowest BCUT2D eigenvalue weighted by atomic mass is 9.86. The Labute approximate surface area is 153 Å². The Morgan fingerprint density at radius 1 is 1.35 bits per heavy atom. The van der Waals surface area contributed by atoms with E-state index >= 15 is 0 Å². The van der Waals surface area contributed by atoms with Crippen molar-refractivity contribution < 1.29 is 28.9 Å². The van der Waals surface area contributed by atoms with Crippen LogP contribution >= 0.6 is 0 Å². The minimum atomic E-state index is -0.887. The Bertz CT molecular complexity index is 599. The first-order chi connectivity index (χ1) is 12.5. The van der Waals surface area contributed by atoms with Crippen molar-refractivity contribution >= 4 is 11.9 Å². The highest BCUT2D eigenvalue weighted by Crippen LogP contribution is 2.23. The van der Waals surface area contributed by atoms with Crippen molar-refractivity contribution in [2.24, 2.45) is 11.8 Å². The van der Waals surface area contributed by atoms with Crippen molar-refractivity contribution in [3.63, 3.8) is 0 Å². The summed E-state index contributed by atoms with van der Waals surface area (Å²) in [6, 6.07) is 7.42. The number of rotatable bonds is 9. The predicted molar refractivity (Wildman–Crippen MR) is 94.9 cm³/mol. The number of hydrogen-bond donors (Lipinski definition) is 2. The Morgan fingerprint density at radius 2 is 2.08 bits per heavy atom. The van der Waals surface area contributed by atoms with Crippen LogP contribution in [-0.4, -0.2) is 50.0 Å². The van der Waals surface area contributed by atoms with Gasteiger partial charge in [0.15, 0.2) is 0 Å². The lowest BCUT2D eigenvalue weighted by Gasteiger charge is -2.28. The van der Waals surface area contributed by atoms with Gasteiger partial charge in [-0.05, 0) is 43.4 Å². The Balaban J connectivity index is 1.80. The maximum Gasteiger partial charge on any atom is 0.308 e. The topological polar surface area (TPSA) is 94.1 Å². The average Bonchev–Trinajstić information content (AvgIpc) is 2.66. The number of aliphatic carboxylic acids is 1. The standard InChI is InChI=1S/C19H27NO6/c1-13(26-12-14-4-3-5-16(10-14)24-2)18(21)20-11-17(19(22)23)15-6-8-25-9-7-15/h3-5,10,13,15,17H,6-9,11-12H2,1-2H3,(H,20,21)(H,22,23). The molecule has 2 rings (SSSR count). The van der Waals surface area contributed by atoms with E-state index in [-0.39, 0.29) is 25.0 Å². The first kappa shape index (κ1) is 20.2. The highest BCUT2D eigenvalue weighted by atomic mass is 16.5. The molecule has 2 atom stereocenters. The third-order valence-electron chi connectivity index (χ3n) is 4.65. The van der Waals surface area contributed by atoms with E-state index in [1.807, 2.05) is 24.3 Å². The van der Waals surface area contributed by atoms with Gasteiger partial charge in [0.25, 0.3) is 0 Å². The molecule has 1 aliphatic rings. The quantitative estimate of drug-likeness (QED) is 0.694. The summed E-state index contributed by atoms with van der Waals surface area (Å²) < 4.78 is 16.0. The molecule has 0 aromatic heterocycles. The molecule has 1 saturated heterocycles. The number of carboxylic acid groups (broad SMARTS) is 1. The summed E-state index contributed by atoms with van der Waals surface area (Å²) in [6.45, 7) is 3.17. The molecule has 0 radical (unpaired) electrons. The van der Waals surface area contributed by atoms with Gasteiger partial charge in [-0.3, -0.25) is 9.59 Å². The van der Waals surface area contributed by atoms with E-state index < -0.39 is 18.0 Å². The van der Waals surface area contributed by atoms with Crippen LogP contribution in [0.25, 0.3) is 0 Å². The fourth-order valence-electron chi connectivity index (χ4n) is 2.99. The second-order valence-corrected chi connectivity index (χ2v) is 6.44. The molecule has 1 heterocycles. The molecule has 7 heteroatoms. The number of nitrogens with one attached hydrogen (secondary N) is 1. The molecule has 7 nitrogen and oxygen atoms in total. The molecule has 144 valence electrons. The summed E-state index contributed by atoms with van der Waals surface area (Å²) in [5.41, 5.74) is 0.898. The van der Waals surface area contributed by atoms with Crippen LogP contribution in [0.1, 0.15) is 25.3 Å². The summed E-state index contributed by atoms with van der Waals surface area (Å²) in [5.74, 6) is -1.06. The minimum Gasteiger partial charge on any atom is -0.497 e. The number of benzene rings is 1. The third kappa shape index (κ3) is 6.00. The van der Waals surface area contributed by atoms with Gasteiger partial charge in [-0.2, -0.15) is 0 Å². The van der Waals surface area contributed by atoms with Gasteiger partial charge in [0.05, 0.1) is 19.6 Å². The number of ether oxygens (including phenoxy) is 3. The van der Waals surface area contributed by atoms with Gasteiger partial charge in [-0.15, -0.1) is 0 Å². The molecule has 0 spiro atoms. The zero-order chi connectivity index (χ0) is 18.9. The molecular formula is C19H27NO6. The molecule has 0 bridgehead atoms. The predicted octanol–water partition coefficient (Wildman–Crippen LogP) is 1.84. The Morgan fingerprint density at radius 3 is 2.73 bits per heavy atom. The lowest BCUT2D eigenvalue weighted by molar-refractivity contribution is -0.145. The van der Waals surface area contributed by atoms with E-state index in [4.69, 9.17) is 14.2 Å². The number of carboxylic acids is 1. The third-order valence-corrected chi connectivity index (χ3v) is 4.65. The normalized spacial score (nSPS) is 17.3. The molecule has 2 unspecified atom stereocenters. The summed E-state index contributed by atoms with van der Waals surface area (Å²) >= 11 is 0. The highest BCUT2D eigenvalue weighted by molar-refractivity contribution is 5.81. The molecule has 1 aliphatic heterocycles. The number of methoxy groups -OCH3 is 1. The molecule has 26 heavy (non-hydrogen) atoms. The highest BCUT2D eigenvalue weighted by Gasteiger charge is 2.30. The van der Waals surface area contributed by atoms with Crippen molar-refractivity contribution in [1.82, 2.24) is 5.32 Å². The summed E-state index contributed by atoms with van der Waals surface area (Å²) in [5, 5.41) is 12.2. The van der Waals surface area contributed by atoms with Crippen LogP contribution in [-0.2, 0) is 25.7 Å². The summed E-state index contributed by atoms with van der Waals surface area (Å²) in [7, 11) is 1.59. The summed E-state index contributed by atoms with van der Waals surface area (Å²) in [6.07, 6.45) is 0.731. The zero-order valence-corrected chi connectivity index (χ0v) is 15.3. The second kappa shape index (κ2) is 10.1. The van der Waals surface area contributed by atoms with Crippen molar-refractivity contribution in [3.05, 3.63) is 29.8 Å². The van der Waals surface area contributed by atoms with Crippen LogP contribution in [0, 0.1) is 11.8 Å². The number of hydrogen-bond acceptors (Lipinski definition) is 5. The van der Waals surface area contributed by atoms with Gasteiger partial charge in [-0.25, -0.2) is 0 Å². The summed E-state index contributed by atoms with van der Waals surface area (Å²) in [4.78, 5) is 23.7. The van der Waals surface area contributed by atoms with Gasteiger partial charge in [0, 0.05) is 19.8 Å². The van der Waals surface area contributed by atoms with Gasteiger partial charge >= 0.3 is 5.97 Å². The minimum absolute atomic E-state index is 0.0227. The second-order valence-electron chi connectivity index (χ2n) is 6.44.